The van der Waals surface area contributed by atoms with E-state index in [1.165, 1.54) is 6.08 Å². The smallest absolute Gasteiger partial charge is 0.228 e. The van der Waals surface area contributed by atoms with Gasteiger partial charge >= 0.3 is 0 Å². The van der Waals surface area contributed by atoms with Gasteiger partial charge in [0.05, 0.1) is 0 Å². The summed E-state index contributed by atoms with van der Waals surface area (Å²) < 4.78 is 0. The van der Waals surface area contributed by atoms with E-state index in [2.05, 4.69) is 26.8 Å². The van der Waals surface area contributed by atoms with Crippen molar-refractivity contribution in [3.63, 3.8) is 0 Å². The highest BCUT2D eigenvalue weighted by atomic mass is 15.2. The van der Waals surface area contributed by atoms with Gasteiger partial charge in [0, 0.05) is 6.54 Å². The van der Waals surface area contributed by atoms with E-state index in [0.29, 0.717) is 11.8 Å². The Balaban J connectivity index is 2.97. The van der Waals surface area contributed by atoms with Crippen LogP contribution < -0.4 is 11.1 Å². The van der Waals surface area contributed by atoms with Crippen molar-refractivity contribution in [1.29, 1.82) is 0 Å². The first kappa shape index (κ1) is 8.45. The molecule has 0 spiro atoms. The molecular formula is C7H11N5. The fraction of sp³-hybridized carbons (Fsp3) is 0.286. The molecular weight excluding hydrogens is 154 g/mol. The third-order valence-corrected chi connectivity index (χ3v) is 1.19. The summed E-state index contributed by atoms with van der Waals surface area (Å²) in [6.45, 7) is 6.24. The molecule has 0 atom stereocenters. The van der Waals surface area contributed by atoms with Gasteiger partial charge in [0.15, 0.2) is 5.82 Å². The van der Waals surface area contributed by atoms with Crippen molar-refractivity contribution >= 4 is 18.0 Å². The second-order valence-corrected chi connectivity index (χ2v) is 2.11. The van der Waals surface area contributed by atoms with Crippen LogP contribution in [0.1, 0.15) is 12.7 Å². The maximum Gasteiger partial charge on any atom is 0.228 e. The number of hydrogen-bond donors (Lipinski definition) is 2. The van der Waals surface area contributed by atoms with Gasteiger partial charge in [0.2, 0.25) is 11.9 Å². The minimum Gasteiger partial charge on any atom is -0.368 e. The van der Waals surface area contributed by atoms with Crippen LogP contribution in [0.5, 0.6) is 0 Å². The van der Waals surface area contributed by atoms with Crippen LogP contribution in [-0.4, -0.2) is 21.5 Å². The molecule has 1 rings (SSSR count). The van der Waals surface area contributed by atoms with E-state index in [9.17, 15) is 0 Å². The molecule has 5 nitrogen and oxygen atoms in total. The van der Waals surface area contributed by atoms with Crippen LogP contribution in [0.3, 0.4) is 0 Å². The van der Waals surface area contributed by atoms with E-state index in [0.717, 1.165) is 6.54 Å². The summed E-state index contributed by atoms with van der Waals surface area (Å²) in [6, 6.07) is 0. The number of nitrogen functional groups attached to an aromatic ring is 1. The van der Waals surface area contributed by atoms with Gasteiger partial charge in [0.1, 0.15) is 0 Å². The minimum atomic E-state index is 0.204. The molecule has 0 aliphatic rings. The van der Waals surface area contributed by atoms with Crippen LogP contribution in [-0.2, 0) is 0 Å². The summed E-state index contributed by atoms with van der Waals surface area (Å²) >= 11 is 0. The Morgan fingerprint density at radius 2 is 2.25 bits per heavy atom. The fourth-order valence-corrected chi connectivity index (χ4v) is 0.738. The highest BCUT2D eigenvalue weighted by molar-refractivity contribution is 5.42. The van der Waals surface area contributed by atoms with E-state index in [1.54, 1.807) is 0 Å². The molecule has 0 saturated heterocycles. The first-order valence-corrected chi connectivity index (χ1v) is 3.64. The molecule has 0 aliphatic heterocycles. The average Bonchev–Trinajstić information content (AvgIpc) is 2.04. The van der Waals surface area contributed by atoms with E-state index in [-0.39, 0.29) is 5.95 Å². The maximum absolute atomic E-state index is 5.42. The van der Waals surface area contributed by atoms with Crippen molar-refractivity contribution in [2.45, 2.75) is 6.92 Å². The standard InChI is InChI=1S/C7H11N5/c1-3-5-10-6(8)12-7(11-5)9-4-2/h3H,1,4H2,2H3,(H3,8,9,10,11,12). The molecule has 1 aromatic rings. The van der Waals surface area contributed by atoms with Gasteiger partial charge in [-0.25, -0.2) is 0 Å². The molecule has 0 aromatic carbocycles. The van der Waals surface area contributed by atoms with Crippen LogP contribution in [0.25, 0.3) is 6.08 Å². The predicted molar refractivity (Wildman–Crippen MR) is 48.5 cm³/mol. The lowest BCUT2D eigenvalue weighted by molar-refractivity contribution is 1.01. The quantitative estimate of drug-likeness (QED) is 0.683. The van der Waals surface area contributed by atoms with Crippen LogP contribution >= 0.6 is 0 Å². The lowest BCUT2D eigenvalue weighted by atomic mass is 10.6. The van der Waals surface area contributed by atoms with Crippen molar-refractivity contribution < 1.29 is 0 Å². The normalized spacial score (nSPS) is 9.42. The number of nitrogens with zero attached hydrogens (tertiary/aromatic N) is 3. The summed E-state index contributed by atoms with van der Waals surface area (Å²) in [5, 5.41) is 2.93. The van der Waals surface area contributed by atoms with Crippen molar-refractivity contribution in [2.24, 2.45) is 0 Å². The van der Waals surface area contributed by atoms with Gasteiger partial charge in [-0.05, 0) is 13.0 Å². The molecule has 12 heavy (non-hydrogen) atoms. The molecule has 0 unspecified atom stereocenters. The zero-order chi connectivity index (χ0) is 8.97. The zero-order valence-electron chi connectivity index (χ0n) is 6.91. The Kier molecular flexibility index (Phi) is 2.57. The van der Waals surface area contributed by atoms with E-state index < -0.39 is 0 Å². The largest absolute Gasteiger partial charge is 0.368 e. The second kappa shape index (κ2) is 3.66. The van der Waals surface area contributed by atoms with Gasteiger partial charge in [-0.3, -0.25) is 0 Å². The molecule has 0 amide bonds. The number of hydrogen-bond acceptors (Lipinski definition) is 5. The predicted octanol–water partition coefficient (Wildman–Crippen LogP) is 0.529. The lowest BCUT2D eigenvalue weighted by Gasteiger charge is -2.01. The number of nitrogens with one attached hydrogen (secondary N) is 1. The Hall–Kier alpha value is -1.65. The topological polar surface area (TPSA) is 76.7 Å². The minimum absolute atomic E-state index is 0.204. The van der Waals surface area contributed by atoms with Crippen molar-refractivity contribution in [3.8, 4) is 0 Å². The summed E-state index contributed by atoms with van der Waals surface area (Å²) in [5.41, 5.74) is 5.42. The highest BCUT2D eigenvalue weighted by Gasteiger charge is 1.98. The molecule has 3 N–H and O–H groups in total. The molecule has 1 heterocycles. The second-order valence-electron chi connectivity index (χ2n) is 2.11. The fourth-order valence-electron chi connectivity index (χ4n) is 0.738. The molecule has 1 aromatic heterocycles. The zero-order valence-corrected chi connectivity index (χ0v) is 6.91. The highest BCUT2D eigenvalue weighted by Crippen LogP contribution is 2.02. The SMILES string of the molecule is C=Cc1nc(N)nc(NCC)n1. The lowest BCUT2D eigenvalue weighted by Crippen LogP contribution is -2.07. The Bertz CT molecular complexity index is 283. The molecule has 0 saturated carbocycles. The number of aromatic nitrogens is 3. The molecule has 0 aliphatic carbocycles. The van der Waals surface area contributed by atoms with Crippen LogP contribution in [0, 0.1) is 0 Å². The molecule has 0 bridgehead atoms. The third kappa shape index (κ3) is 1.91. The maximum atomic E-state index is 5.42. The van der Waals surface area contributed by atoms with Crippen molar-refractivity contribution in [1.82, 2.24) is 15.0 Å². The van der Waals surface area contributed by atoms with Gasteiger partial charge in [0.25, 0.3) is 0 Å². The van der Waals surface area contributed by atoms with Crippen LogP contribution in [0.15, 0.2) is 6.58 Å². The molecule has 5 heteroatoms. The van der Waals surface area contributed by atoms with E-state index >= 15 is 0 Å². The summed E-state index contributed by atoms with van der Waals surface area (Å²) in [6.07, 6.45) is 1.53. The van der Waals surface area contributed by atoms with E-state index in [1.807, 2.05) is 6.92 Å². The summed E-state index contributed by atoms with van der Waals surface area (Å²) in [4.78, 5) is 11.7. The first-order chi connectivity index (χ1) is 5.76. The summed E-state index contributed by atoms with van der Waals surface area (Å²) in [5.74, 6) is 1.18. The number of anilines is 2. The Morgan fingerprint density at radius 1 is 1.50 bits per heavy atom. The number of nitrogens with two attached hydrogens (primary N) is 1. The monoisotopic (exact) mass is 165 g/mol. The van der Waals surface area contributed by atoms with Gasteiger partial charge in [-0.2, -0.15) is 15.0 Å². The first-order valence-electron chi connectivity index (χ1n) is 3.64. The van der Waals surface area contributed by atoms with Gasteiger partial charge < -0.3 is 11.1 Å². The van der Waals surface area contributed by atoms with E-state index in [4.69, 9.17) is 5.73 Å². The number of rotatable bonds is 3. The Morgan fingerprint density at radius 3 is 2.83 bits per heavy atom. The third-order valence-electron chi connectivity index (χ3n) is 1.19. The van der Waals surface area contributed by atoms with Crippen LogP contribution in [0.4, 0.5) is 11.9 Å². The summed E-state index contributed by atoms with van der Waals surface area (Å²) in [7, 11) is 0. The average molecular weight is 165 g/mol. The van der Waals surface area contributed by atoms with Crippen molar-refractivity contribution in [3.05, 3.63) is 12.4 Å². The Labute approximate surface area is 70.8 Å². The molecule has 0 fully saturated rings. The molecule has 64 valence electrons. The van der Waals surface area contributed by atoms with Gasteiger partial charge in [-0.15, -0.1) is 0 Å². The molecule has 0 radical (unpaired) electrons. The van der Waals surface area contributed by atoms with Gasteiger partial charge in [-0.1, -0.05) is 6.58 Å². The van der Waals surface area contributed by atoms with Crippen LogP contribution in [0.2, 0.25) is 0 Å². The van der Waals surface area contributed by atoms with Crippen molar-refractivity contribution in [2.75, 3.05) is 17.6 Å².